The van der Waals surface area contributed by atoms with Gasteiger partial charge in [0.1, 0.15) is 5.78 Å². The lowest BCUT2D eigenvalue weighted by molar-refractivity contribution is -0.143. The van der Waals surface area contributed by atoms with Gasteiger partial charge in [-0.1, -0.05) is 20.8 Å². The molecule has 3 nitrogen and oxygen atoms in total. The van der Waals surface area contributed by atoms with Gasteiger partial charge >= 0.3 is 0 Å². The molecule has 0 spiro atoms. The van der Waals surface area contributed by atoms with Crippen LogP contribution in [0.15, 0.2) is 0 Å². The fraction of sp³-hybridized carbons (Fsp3) is 0.818. The Balaban J connectivity index is 2.70. The van der Waals surface area contributed by atoms with Gasteiger partial charge in [-0.25, -0.2) is 0 Å². The van der Waals surface area contributed by atoms with Crippen LogP contribution in [0.25, 0.3) is 0 Å². The van der Waals surface area contributed by atoms with Crippen molar-refractivity contribution in [3.8, 4) is 0 Å². The van der Waals surface area contributed by atoms with Crippen LogP contribution in [-0.2, 0) is 9.59 Å². The summed E-state index contributed by atoms with van der Waals surface area (Å²) in [6.07, 6.45) is 0.618. The molecular formula is C11H19NO2. The topological polar surface area (TPSA) is 37.4 Å². The molecule has 80 valence electrons. The molecule has 1 heterocycles. The van der Waals surface area contributed by atoms with Gasteiger partial charge in [-0.05, 0) is 12.3 Å². The number of likely N-dealkylation sites (tertiary alicyclic amines) is 1. The molecule has 1 aliphatic rings. The second kappa shape index (κ2) is 3.71. The van der Waals surface area contributed by atoms with Gasteiger partial charge < -0.3 is 4.90 Å². The van der Waals surface area contributed by atoms with Crippen LogP contribution < -0.4 is 0 Å². The summed E-state index contributed by atoms with van der Waals surface area (Å²) >= 11 is 0. The van der Waals surface area contributed by atoms with Gasteiger partial charge in [0.2, 0.25) is 5.91 Å². The van der Waals surface area contributed by atoms with Crippen molar-refractivity contribution in [2.45, 2.75) is 46.6 Å². The van der Waals surface area contributed by atoms with Crippen LogP contribution in [-0.4, -0.2) is 29.2 Å². The molecule has 3 heteroatoms. The zero-order valence-corrected chi connectivity index (χ0v) is 9.46. The van der Waals surface area contributed by atoms with E-state index >= 15 is 0 Å². The summed E-state index contributed by atoms with van der Waals surface area (Å²) in [5, 5.41) is 0. The number of hydrogen-bond acceptors (Lipinski definition) is 2. The molecule has 0 radical (unpaired) electrons. The van der Waals surface area contributed by atoms with E-state index in [1.165, 1.54) is 0 Å². The summed E-state index contributed by atoms with van der Waals surface area (Å²) in [5.74, 6) is 0.0658. The number of nitrogens with zero attached hydrogens (tertiary/aromatic N) is 1. The van der Waals surface area contributed by atoms with Crippen LogP contribution in [0.1, 0.15) is 40.5 Å². The molecule has 0 bridgehead atoms. The van der Waals surface area contributed by atoms with E-state index in [2.05, 4.69) is 20.8 Å². The second-order valence-electron chi connectivity index (χ2n) is 5.09. The average Bonchev–Trinajstić information content (AvgIpc) is 2.01. The van der Waals surface area contributed by atoms with E-state index in [9.17, 15) is 9.59 Å². The van der Waals surface area contributed by atoms with Crippen molar-refractivity contribution in [1.29, 1.82) is 0 Å². The third kappa shape index (κ3) is 2.34. The smallest absolute Gasteiger partial charge is 0.230 e. The van der Waals surface area contributed by atoms with Crippen LogP contribution in [0.3, 0.4) is 0 Å². The van der Waals surface area contributed by atoms with E-state index < -0.39 is 0 Å². The maximum Gasteiger partial charge on any atom is 0.230 e. The third-order valence-electron chi connectivity index (χ3n) is 3.02. The first kappa shape index (κ1) is 11.2. The lowest BCUT2D eigenvalue weighted by Crippen LogP contribution is -2.49. The molecular weight excluding hydrogens is 178 g/mol. The minimum absolute atomic E-state index is 0.0105. The van der Waals surface area contributed by atoms with Gasteiger partial charge in [0.15, 0.2) is 0 Å². The molecule has 0 aromatic rings. The van der Waals surface area contributed by atoms with Gasteiger partial charge in [-0.2, -0.15) is 0 Å². The molecule has 0 N–H and O–H groups in total. The Morgan fingerprint density at radius 3 is 2.29 bits per heavy atom. The summed E-state index contributed by atoms with van der Waals surface area (Å²) in [4.78, 5) is 24.5. The lowest BCUT2D eigenvalue weighted by Gasteiger charge is -2.39. The fourth-order valence-corrected chi connectivity index (χ4v) is 1.61. The highest BCUT2D eigenvalue weighted by Crippen LogP contribution is 2.26. The molecule has 0 aromatic carbocycles. The number of carbonyl (C=O) groups is 2. The number of carbonyl (C=O) groups excluding carboxylic acids is 2. The van der Waals surface area contributed by atoms with Crippen molar-refractivity contribution in [1.82, 2.24) is 4.90 Å². The minimum Gasteiger partial charge on any atom is -0.339 e. The summed E-state index contributed by atoms with van der Waals surface area (Å²) < 4.78 is 0. The molecule has 1 saturated heterocycles. The van der Waals surface area contributed by atoms with E-state index in [-0.39, 0.29) is 29.6 Å². The third-order valence-corrected chi connectivity index (χ3v) is 3.02. The predicted molar refractivity (Wildman–Crippen MR) is 54.9 cm³/mol. The van der Waals surface area contributed by atoms with Crippen LogP contribution >= 0.6 is 0 Å². The molecule has 1 unspecified atom stereocenters. The van der Waals surface area contributed by atoms with E-state index in [4.69, 9.17) is 0 Å². The SMILES string of the molecule is CC(N1CCC(=O)CC1=O)C(C)(C)C. The molecule has 0 aromatic heterocycles. The highest BCUT2D eigenvalue weighted by molar-refractivity contribution is 6.00. The van der Waals surface area contributed by atoms with Gasteiger partial charge in [-0.15, -0.1) is 0 Å². The molecule has 1 aliphatic heterocycles. The van der Waals surface area contributed by atoms with E-state index in [1.54, 1.807) is 0 Å². The number of piperidine rings is 1. The molecule has 1 rings (SSSR count). The van der Waals surface area contributed by atoms with Crippen molar-refractivity contribution in [3.05, 3.63) is 0 Å². The van der Waals surface area contributed by atoms with Gasteiger partial charge in [0.05, 0.1) is 6.42 Å². The number of hydrogen-bond donors (Lipinski definition) is 0. The molecule has 14 heavy (non-hydrogen) atoms. The van der Waals surface area contributed by atoms with Crippen molar-refractivity contribution < 1.29 is 9.59 Å². The van der Waals surface area contributed by atoms with E-state index in [0.717, 1.165) is 0 Å². The van der Waals surface area contributed by atoms with Gasteiger partial charge in [-0.3, -0.25) is 9.59 Å². The minimum atomic E-state index is -0.0105. The van der Waals surface area contributed by atoms with Crippen molar-refractivity contribution >= 4 is 11.7 Å². The van der Waals surface area contributed by atoms with Gasteiger partial charge in [0, 0.05) is 19.0 Å². The van der Waals surface area contributed by atoms with E-state index in [0.29, 0.717) is 13.0 Å². The Morgan fingerprint density at radius 1 is 1.29 bits per heavy atom. The maximum atomic E-state index is 11.6. The highest BCUT2D eigenvalue weighted by Gasteiger charge is 2.33. The molecule has 1 atom stereocenters. The molecule has 0 aliphatic carbocycles. The first-order valence-corrected chi connectivity index (χ1v) is 5.13. The van der Waals surface area contributed by atoms with Gasteiger partial charge in [0.25, 0.3) is 0 Å². The normalized spacial score (nSPS) is 21.3. The average molecular weight is 197 g/mol. The Kier molecular flexibility index (Phi) is 2.98. The monoisotopic (exact) mass is 197 g/mol. The maximum absolute atomic E-state index is 11.6. The van der Waals surface area contributed by atoms with Crippen LogP contribution in [0.5, 0.6) is 0 Å². The summed E-state index contributed by atoms with van der Waals surface area (Å²) in [6.45, 7) is 8.98. The first-order valence-electron chi connectivity index (χ1n) is 5.13. The fourth-order valence-electron chi connectivity index (χ4n) is 1.61. The lowest BCUT2D eigenvalue weighted by atomic mass is 9.86. The second-order valence-corrected chi connectivity index (χ2v) is 5.09. The Bertz CT molecular complexity index is 253. The quantitative estimate of drug-likeness (QED) is 0.599. The van der Waals surface area contributed by atoms with Crippen LogP contribution in [0.4, 0.5) is 0 Å². The zero-order chi connectivity index (χ0) is 10.9. The highest BCUT2D eigenvalue weighted by atomic mass is 16.2. The zero-order valence-electron chi connectivity index (χ0n) is 9.46. The number of Topliss-reactive ketones (excluding diaryl/α,β-unsaturated/α-hetero) is 1. The Morgan fingerprint density at radius 2 is 1.86 bits per heavy atom. The van der Waals surface area contributed by atoms with Crippen LogP contribution in [0.2, 0.25) is 0 Å². The Hall–Kier alpha value is -0.860. The summed E-state index contributed by atoms with van der Waals surface area (Å²) in [5.41, 5.74) is 0.0794. The van der Waals surface area contributed by atoms with Crippen LogP contribution in [0, 0.1) is 5.41 Å². The van der Waals surface area contributed by atoms with Crippen molar-refractivity contribution in [2.24, 2.45) is 5.41 Å². The molecule has 1 fully saturated rings. The summed E-state index contributed by atoms with van der Waals surface area (Å²) in [7, 11) is 0. The number of ketones is 1. The Labute approximate surface area is 85.5 Å². The van der Waals surface area contributed by atoms with Crippen molar-refractivity contribution in [3.63, 3.8) is 0 Å². The predicted octanol–water partition coefficient (Wildman–Crippen LogP) is 1.61. The first-order chi connectivity index (χ1) is 6.32. The van der Waals surface area contributed by atoms with Crippen molar-refractivity contribution in [2.75, 3.05) is 6.54 Å². The number of rotatable bonds is 1. The largest absolute Gasteiger partial charge is 0.339 e. The molecule has 1 amide bonds. The summed E-state index contributed by atoms with van der Waals surface area (Å²) in [6, 6.07) is 0.197. The van der Waals surface area contributed by atoms with E-state index in [1.807, 2.05) is 11.8 Å². The standard InChI is InChI=1S/C11H19NO2/c1-8(11(2,3)4)12-6-5-9(13)7-10(12)14/h8H,5-7H2,1-4H3. The number of amides is 1. The molecule has 0 saturated carbocycles.